The summed E-state index contributed by atoms with van der Waals surface area (Å²) < 4.78 is 4.77. The van der Waals surface area contributed by atoms with E-state index in [-0.39, 0.29) is 6.61 Å². The molecule has 0 amide bonds. The van der Waals surface area contributed by atoms with Crippen LogP contribution in [0.15, 0.2) is 0 Å². The lowest BCUT2D eigenvalue weighted by atomic mass is 10.3. The van der Waals surface area contributed by atoms with Crippen LogP contribution in [0.25, 0.3) is 0 Å². The lowest BCUT2D eigenvalue weighted by Crippen LogP contribution is -2.22. The molecule has 0 aromatic carbocycles. The quantitative estimate of drug-likeness (QED) is 0.581. The normalized spacial score (nSPS) is 12.0. The van der Waals surface area contributed by atoms with Gasteiger partial charge in [-0.25, -0.2) is 4.79 Å². The van der Waals surface area contributed by atoms with Crippen LogP contribution in [0.4, 0.5) is 0 Å². The van der Waals surface area contributed by atoms with Crippen LogP contribution in [0.5, 0.6) is 0 Å². The summed E-state index contributed by atoms with van der Waals surface area (Å²) in [6, 6.07) is 0. The second-order valence-electron chi connectivity index (χ2n) is 1.75. The van der Waals surface area contributed by atoms with Crippen molar-refractivity contribution in [2.75, 3.05) is 6.61 Å². The summed E-state index contributed by atoms with van der Waals surface area (Å²) in [7, 11) is 0. The molecule has 0 unspecified atom stereocenters. The zero-order valence-corrected chi connectivity index (χ0v) is 5.83. The van der Waals surface area contributed by atoms with Crippen LogP contribution >= 0.6 is 0 Å². The van der Waals surface area contributed by atoms with Crippen molar-refractivity contribution in [1.29, 1.82) is 0 Å². The molecule has 10 heavy (non-hydrogen) atoms. The molecule has 0 saturated heterocycles. The average molecular weight is 142 g/mol. The third-order valence-electron chi connectivity index (χ3n) is 1.01. The third kappa shape index (κ3) is 3.10. The Balaban J connectivity index is 3.63. The minimum Gasteiger partial charge on any atom is -0.479 e. The molecule has 0 spiro atoms. The van der Waals surface area contributed by atoms with Crippen LogP contribution in [0.3, 0.4) is 0 Å². The first-order valence-corrected chi connectivity index (χ1v) is 3.00. The standard InChI is InChI=1S/C7H10O3/c1-3-5-10-6(4-2)7(8)9/h1,6H,4-5H2,2H3,(H,8,9)/t6-/m1/s1. The number of hydrogen-bond acceptors (Lipinski definition) is 2. The Bertz CT molecular complexity index is 145. The second kappa shape index (κ2) is 4.83. The van der Waals surface area contributed by atoms with Crippen molar-refractivity contribution in [2.45, 2.75) is 19.4 Å². The molecular weight excluding hydrogens is 132 g/mol. The van der Waals surface area contributed by atoms with Gasteiger partial charge in [-0.3, -0.25) is 0 Å². The van der Waals surface area contributed by atoms with Crippen molar-refractivity contribution < 1.29 is 14.6 Å². The minimum absolute atomic E-state index is 0.0603. The number of rotatable bonds is 4. The topological polar surface area (TPSA) is 46.5 Å². The van der Waals surface area contributed by atoms with Crippen molar-refractivity contribution in [3.05, 3.63) is 0 Å². The van der Waals surface area contributed by atoms with Gasteiger partial charge in [0.25, 0.3) is 0 Å². The Kier molecular flexibility index (Phi) is 4.34. The van der Waals surface area contributed by atoms with E-state index in [2.05, 4.69) is 5.92 Å². The first-order valence-electron chi connectivity index (χ1n) is 3.00. The predicted molar refractivity (Wildman–Crippen MR) is 36.5 cm³/mol. The highest BCUT2D eigenvalue weighted by atomic mass is 16.5. The molecule has 56 valence electrons. The van der Waals surface area contributed by atoms with Crippen LogP contribution in [0.2, 0.25) is 0 Å². The summed E-state index contributed by atoms with van der Waals surface area (Å²) in [4.78, 5) is 10.2. The molecule has 0 aliphatic heterocycles. The van der Waals surface area contributed by atoms with Gasteiger partial charge in [-0.1, -0.05) is 12.8 Å². The van der Waals surface area contributed by atoms with Crippen molar-refractivity contribution in [2.24, 2.45) is 0 Å². The number of carbonyl (C=O) groups is 1. The summed E-state index contributed by atoms with van der Waals surface area (Å²) in [5.41, 5.74) is 0. The van der Waals surface area contributed by atoms with Crippen LogP contribution in [-0.4, -0.2) is 23.8 Å². The van der Waals surface area contributed by atoms with Gasteiger partial charge < -0.3 is 9.84 Å². The Morgan fingerprint density at radius 3 is 2.80 bits per heavy atom. The molecule has 0 aromatic heterocycles. The number of ether oxygens (including phenoxy) is 1. The van der Waals surface area contributed by atoms with Crippen LogP contribution in [-0.2, 0) is 9.53 Å². The van der Waals surface area contributed by atoms with Gasteiger partial charge in [0.2, 0.25) is 0 Å². The summed E-state index contributed by atoms with van der Waals surface area (Å²) in [6.07, 6.45) is 4.55. The highest BCUT2D eigenvalue weighted by molar-refractivity contribution is 5.72. The van der Waals surface area contributed by atoms with Gasteiger partial charge in [-0.2, -0.15) is 0 Å². The molecule has 0 radical (unpaired) electrons. The fourth-order valence-corrected chi connectivity index (χ4v) is 0.512. The molecule has 0 aromatic rings. The largest absolute Gasteiger partial charge is 0.479 e. The zero-order valence-electron chi connectivity index (χ0n) is 5.83. The highest BCUT2D eigenvalue weighted by Gasteiger charge is 2.13. The number of terminal acetylenes is 1. The fourth-order valence-electron chi connectivity index (χ4n) is 0.512. The van der Waals surface area contributed by atoms with E-state index in [1.165, 1.54) is 0 Å². The first-order chi connectivity index (χ1) is 4.72. The van der Waals surface area contributed by atoms with E-state index >= 15 is 0 Å². The maximum atomic E-state index is 10.2. The smallest absolute Gasteiger partial charge is 0.332 e. The van der Waals surface area contributed by atoms with E-state index in [1.54, 1.807) is 6.92 Å². The van der Waals surface area contributed by atoms with E-state index < -0.39 is 12.1 Å². The second-order valence-corrected chi connectivity index (χ2v) is 1.75. The predicted octanol–water partition coefficient (Wildman–Crippen LogP) is 0.499. The van der Waals surface area contributed by atoms with Gasteiger partial charge in [-0.15, -0.1) is 6.42 Å². The lowest BCUT2D eigenvalue weighted by molar-refractivity contribution is -0.149. The molecule has 0 fully saturated rings. The van der Waals surface area contributed by atoms with Gasteiger partial charge in [0, 0.05) is 0 Å². The monoisotopic (exact) mass is 142 g/mol. The fraction of sp³-hybridized carbons (Fsp3) is 0.571. The number of hydrogen-bond donors (Lipinski definition) is 1. The van der Waals surface area contributed by atoms with Gasteiger partial charge in [0.15, 0.2) is 6.10 Å². The van der Waals surface area contributed by atoms with E-state index in [1.807, 2.05) is 0 Å². The molecule has 3 heteroatoms. The number of aliphatic carboxylic acids is 1. The van der Waals surface area contributed by atoms with Crippen molar-refractivity contribution >= 4 is 5.97 Å². The van der Waals surface area contributed by atoms with Crippen molar-refractivity contribution in [3.8, 4) is 12.3 Å². The Morgan fingerprint density at radius 1 is 1.90 bits per heavy atom. The molecule has 3 nitrogen and oxygen atoms in total. The number of carboxylic acids is 1. The van der Waals surface area contributed by atoms with Gasteiger partial charge in [0.05, 0.1) is 0 Å². The van der Waals surface area contributed by atoms with E-state index in [0.717, 1.165) is 0 Å². The molecule has 1 N–H and O–H groups in total. The van der Waals surface area contributed by atoms with E-state index in [4.69, 9.17) is 16.3 Å². The van der Waals surface area contributed by atoms with Gasteiger partial charge >= 0.3 is 5.97 Å². The van der Waals surface area contributed by atoms with Crippen molar-refractivity contribution in [1.82, 2.24) is 0 Å². The van der Waals surface area contributed by atoms with Crippen molar-refractivity contribution in [3.63, 3.8) is 0 Å². The zero-order chi connectivity index (χ0) is 7.98. The van der Waals surface area contributed by atoms with Crippen LogP contribution < -0.4 is 0 Å². The molecule has 0 heterocycles. The SMILES string of the molecule is C#CCO[C@H](CC)C(=O)O. The third-order valence-corrected chi connectivity index (χ3v) is 1.01. The Morgan fingerprint density at radius 2 is 2.50 bits per heavy atom. The van der Waals surface area contributed by atoms with Gasteiger partial charge in [-0.05, 0) is 6.42 Å². The maximum Gasteiger partial charge on any atom is 0.332 e. The molecule has 0 rings (SSSR count). The lowest BCUT2D eigenvalue weighted by Gasteiger charge is -2.07. The molecular formula is C7H10O3. The van der Waals surface area contributed by atoms with E-state index in [0.29, 0.717) is 6.42 Å². The molecule has 0 aliphatic carbocycles. The average Bonchev–Trinajstić information content (AvgIpc) is 1.89. The molecule has 0 aliphatic rings. The maximum absolute atomic E-state index is 10.2. The van der Waals surface area contributed by atoms with Crippen LogP contribution in [0, 0.1) is 12.3 Å². The summed E-state index contributed by atoms with van der Waals surface area (Å²) in [6.45, 7) is 1.79. The summed E-state index contributed by atoms with van der Waals surface area (Å²) in [5, 5.41) is 8.41. The highest BCUT2D eigenvalue weighted by Crippen LogP contribution is 1.96. The molecule has 1 atom stereocenters. The summed E-state index contributed by atoms with van der Waals surface area (Å²) >= 11 is 0. The van der Waals surface area contributed by atoms with Gasteiger partial charge in [0.1, 0.15) is 6.61 Å². The van der Waals surface area contributed by atoms with Crippen LogP contribution in [0.1, 0.15) is 13.3 Å². The molecule has 0 saturated carbocycles. The molecule has 0 bridgehead atoms. The van der Waals surface area contributed by atoms with E-state index in [9.17, 15) is 4.79 Å². The summed E-state index contributed by atoms with van der Waals surface area (Å²) in [5.74, 6) is 1.24. The number of carboxylic acid groups (broad SMARTS) is 1. The Labute approximate surface area is 60.0 Å². The minimum atomic E-state index is -0.960. The Hall–Kier alpha value is -1.01. The first kappa shape index (κ1) is 8.99.